The van der Waals surface area contributed by atoms with E-state index in [0.717, 1.165) is 31.5 Å². The minimum atomic E-state index is 0. The summed E-state index contributed by atoms with van der Waals surface area (Å²) in [5, 5.41) is 3.21. The molecule has 6 heteroatoms. The Labute approximate surface area is 184 Å². The summed E-state index contributed by atoms with van der Waals surface area (Å²) < 4.78 is 0. The van der Waals surface area contributed by atoms with Crippen molar-refractivity contribution in [3.63, 3.8) is 0 Å². The van der Waals surface area contributed by atoms with Crippen molar-refractivity contribution in [2.75, 3.05) is 18.4 Å². The summed E-state index contributed by atoms with van der Waals surface area (Å²) in [6.45, 7) is 5.68. The Morgan fingerprint density at radius 1 is 1.07 bits per heavy atom. The number of hydrogen-bond acceptors (Lipinski definition) is 2. The van der Waals surface area contributed by atoms with Crippen molar-refractivity contribution in [3.8, 4) is 0 Å². The second-order valence-electron chi connectivity index (χ2n) is 6.82. The zero-order valence-corrected chi connectivity index (χ0v) is 18.9. The van der Waals surface area contributed by atoms with Crippen molar-refractivity contribution < 1.29 is 4.79 Å². The van der Waals surface area contributed by atoms with Gasteiger partial charge in [0.25, 0.3) is 0 Å². The van der Waals surface area contributed by atoms with Crippen LogP contribution in [0.15, 0.2) is 47.5 Å². The first-order valence-electron chi connectivity index (χ1n) is 9.64. The number of nitrogens with two attached hydrogens (primary N) is 1. The molecule has 2 aromatic carbocycles. The van der Waals surface area contributed by atoms with E-state index in [-0.39, 0.29) is 42.4 Å². The van der Waals surface area contributed by atoms with Crippen LogP contribution in [0.3, 0.4) is 0 Å². The molecule has 150 valence electrons. The molecule has 0 bridgehead atoms. The molecule has 0 aliphatic carbocycles. The van der Waals surface area contributed by atoms with E-state index in [1.807, 2.05) is 17.0 Å². The molecule has 0 spiro atoms. The summed E-state index contributed by atoms with van der Waals surface area (Å²) in [7, 11) is 0. The summed E-state index contributed by atoms with van der Waals surface area (Å²) in [4.78, 5) is 18.7. The third-order valence-corrected chi connectivity index (χ3v) is 5.12. The quantitative estimate of drug-likeness (QED) is 0.380. The molecule has 0 saturated heterocycles. The highest BCUT2D eigenvalue weighted by molar-refractivity contribution is 14.0. The number of aryl methyl sites for hydroxylation is 2. The van der Waals surface area contributed by atoms with Crippen LogP contribution in [-0.2, 0) is 30.6 Å². The van der Waals surface area contributed by atoms with Crippen molar-refractivity contribution in [1.29, 1.82) is 0 Å². The average molecular weight is 492 g/mol. The highest BCUT2D eigenvalue weighted by Crippen LogP contribution is 2.22. The standard InChI is InChI=1S/C22H28N4O.HI/c1-3-16-10-7-11-17(4-2)21(16)25-22(23)24-14-20(27)26-13-12-18-8-5-6-9-19(18)15-26;/h5-11H,3-4,12-15H2,1-2H3,(H3,23,24,25);1H. The molecular formula is C22H29IN4O. The summed E-state index contributed by atoms with van der Waals surface area (Å²) >= 11 is 0. The largest absolute Gasteiger partial charge is 0.370 e. The van der Waals surface area contributed by atoms with E-state index in [0.29, 0.717) is 6.54 Å². The van der Waals surface area contributed by atoms with Gasteiger partial charge in [-0.25, -0.2) is 4.99 Å². The smallest absolute Gasteiger partial charge is 0.244 e. The molecule has 1 aliphatic heterocycles. The second kappa shape index (κ2) is 10.5. The molecule has 0 saturated carbocycles. The number of guanidine groups is 1. The molecule has 0 radical (unpaired) electrons. The third-order valence-electron chi connectivity index (χ3n) is 5.12. The van der Waals surface area contributed by atoms with Crippen LogP contribution in [-0.4, -0.2) is 29.9 Å². The molecule has 28 heavy (non-hydrogen) atoms. The molecule has 0 atom stereocenters. The van der Waals surface area contributed by atoms with E-state index in [4.69, 9.17) is 5.73 Å². The first-order valence-corrected chi connectivity index (χ1v) is 9.64. The number of fused-ring (bicyclic) bond motifs is 1. The summed E-state index contributed by atoms with van der Waals surface area (Å²) in [5.74, 6) is 0.296. The monoisotopic (exact) mass is 492 g/mol. The topological polar surface area (TPSA) is 70.7 Å². The molecule has 0 fully saturated rings. The number of benzene rings is 2. The molecule has 1 aliphatic rings. The lowest BCUT2D eigenvalue weighted by molar-refractivity contribution is -0.130. The number of carbonyl (C=O) groups excluding carboxylic acids is 1. The molecule has 1 amide bonds. The minimum Gasteiger partial charge on any atom is -0.370 e. The number of halogens is 1. The minimum absolute atomic E-state index is 0. The maximum atomic E-state index is 12.5. The normalized spacial score (nSPS) is 13.5. The fourth-order valence-corrected chi connectivity index (χ4v) is 3.53. The van der Waals surface area contributed by atoms with Crippen molar-refractivity contribution in [2.45, 2.75) is 39.7 Å². The number of hydrogen-bond donors (Lipinski definition) is 2. The molecule has 5 nitrogen and oxygen atoms in total. The van der Waals surface area contributed by atoms with E-state index >= 15 is 0 Å². The number of carbonyl (C=O) groups is 1. The Balaban J connectivity index is 0.00000280. The van der Waals surface area contributed by atoms with E-state index in [1.165, 1.54) is 22.3 Å². The van der Waals surface area contributed by atoms with Gasteiger partial charge >= 0.3 is 0 Å². The lowest BCUT2D eigenvalue weighted by Crippen LogP contribution is -2.38. The SMILES string of the molecule is CCc1cccc(CC)c1NC(N)=NCC(=O)N1CCc2ccccc2C1.I. The Hall–Kier alpha value is -2.09. The Morgan fingerprint density at radius 2 is 1.71 bits per heavy atom. The van der Waals surface area contributed by atoms with Crippen molar-refractivity contribution in [2.24, 2.45) is 10.7 Å². The van der Waals surface area contributed by atoms with Gasteiger partial charge in [-0.1, -0.05) is 56.3 Å². The summed E-state index contributed by atoms with van der Waals surface area (Å²) in [6, 6.07) is 14.5. The first-order chi connectivity index (χ1) is 13.1. The number of rotatable bonds is 5. The number of nitrogens with one attached hydrogen (secondary N) is 1. The van der Waals surface area contributed by atoms with Crippen LogP contribution in [0.4, 0.5) is 5.69 Å². The predicted molar refractivity (Wildman–Crippen MR) is 126 cm³/mol. The second-order valence-corrected chi connectivity index (χ2v) is 6.82. The van der Waals surface area contributed by atoms with Crippen molar-refractivity contribution in [1.82, 2.24) is 4.90 Å². The summed E-state index contributed by atoms with van der Waals surface area (Å²) in [6.07, 6.45) is 2.72. The van der Waals surface area contributed by atoms with Gasteiger partial charge in [0.2, 0.25) is 5.91 Å². The lowest BCUT2D eigenvalue weighted by atomic mass is 10.00. The number of para-hydroxylation sites is 1. The van der Waals surface area contributed by atoms with Crippen molar-refractivity contribution in [3.05, 3.63) is 64.7 Å². The first kappa shape index (κ1) is 22.2. The lowest BCUT2D eigenvalue weighted by Gasteiger charge is -2.28. The van der Waals surface area contributed by atoms with Gasteiger partial charge in [-0.15, -0.1) is 24.0 Å². The van der Waals surface area contributed by atoms with E-state index in [9.17, 15) is 4.79 Å². The van der Waals surface area contributed by atoms with Gasteiger partial charge < -0.3 is 16.0 Å². The highest BCUT2D eigenvalue weighted by Gasteiger charge is 2.20. The average Bonchev–Trinajstić information content (AvgIpc) is 2.71. The molecule has 2 aromatic rings. The zero-order valence-electron chi connectivity index (χ0n) is 16.6. The van der Waals surface area contributed by atoms with Crippen LogP contribution < -0.4 is 11.1 Å². The van der Waals surface area contributed by atoms with E-state index in [1.54, 1.807) is 0 Å². The number of aliphatic imine (C=N–C) groups is 1. The predicted octanol–water partition coefficient (Wildman–Crippen LogP) is 3.74. The van der Waals surface area contributed by atoms with Crippen LogP contribution in [0.5, 0.6) is 0 Å². The zero-order chi connectivity index (χ0) is 19.2. The molecule has 0 aromatic heterocycles. The Bertz CT molecular complexity index is 828. The van der Waals surface area contributed by atoms with Gasteiger partial charge in [0.1, 0.15) is 6.54 Å². The molecule has 1 heterocycles. The third kappa shape index (κ3) is 5.25. The van der Waals surface area contributed by atoms with Gasteiger partial charge in [0.05, 0.1) is 0 Å². The van der Waals surface area contributed by atoms with Crippen LogP contribution in [0.1, 0.15) is 36.1 Å². The van der Waals surface area contributed by atoms with Crippen LogP contribution in [0.25, 0.3) is 0 Å². The van der Waals surface area contributed by atoms with Crippen LogP contribution >= 0.6 is 24.0 Å². The van der Waals surface area contributed by atoms with E-state index < -0.39 is 0 Å². The highest BCUT2D eigenvalue weighted by atomic mass is 127. The number of amides is 1. The Morgan fingerprint density at radius 3 is 2.36 bits per heavy atom. The molecule has 3 rings (SSSR count). The Kier molecular flexibility index (Phi) is 8.29. The van der Waals surface area contributed by atoms with Gasteiger partial charge in [0.15, 0.2) is 5.96 Å². The fraction of sp³-hybridized carbons (Fsp3) is 0.364. The molecular weight excluding hydrogens is 463 g/mol. The van der Waals surface area contributed by atoms with Crippen LogP contribution in [0.2, 0.25) is 0 Å². The van der Waals surface area contributed by atoms with Gasteiger partial charge in [0, 0.05) is 18.8 Å². The maximum absolute atomic E-state index is 12.5. The molecule has 3 N–H and O–H groups in total. The van der Waals surface area contributed by atoms with Crippen molar-refractivity contribution >= 4 is 41.5 Å². The number of anilines is 1. The number of nitrogens with zero attached hydrogens (tertiary/aromatic N) is 2. The van der Waals surface area contributed by atoms with E-state index in [2.05, 4.69) is 54.5 Å². The summed E-state index contributed by atoms with van der Waals surface area (Å²) in [5.41, 5.74) is 12.0. The maximum Gasteiger partial charge on any atom is 0.244 e. The van der Waals surface area contributed by atoms with Gasteiger partial charge in [-0.3, -0.25) is 4.79 Å². The fourth-order valence-electron chi connectivity index (χ4n) is 3.53. The van der Waals surface area contributed by atoms with Gasteiger partial charge in [-0.2, -0.15) is 0 Å². The van der Waals surface area contributed by atoms with Crippen LogP contribution in [0, 0.1) is 0 Å². The van der Waals surface area contributed by atoms with Gasteiger partial charge in [-0.05, 0) is 41.5 Å². The molecule has 0 unspecified atom stereocenters.